The lowest BCUT2D eigenvalue weighted by molar-refractivity contribution is -0.145. The van der Waals surface area contributed by atoms with E-state index >= 15 is 0 Å². The Hall–Kier alpha value is -1.31. The quantitative estimate of drug-likeness (QED) is 0.204. The van der Waals surface area contributed by atoms with E-state index in [4.69, 9.17) is 10.5 Å². The third kappa shape index (κ3) is 9.67. The number of carbonyl (C=O) groups excluding carboxylic acids is 1. The number of nitrogens with zero attached hydrogens (tertiary/aromatic N) is 1. The standard InChI is InChI=1S/C19H29N3O2.HI/c20-19(22-17-11-5-2-6-12-17)21-14-8-7-13-18(23)24-15-16-9-3-1-4-10-16;/h1,3-4,9-10,17H,2,5-8,11-15H2,(H3,20,21,22);1H. The first-order valence-electron chi connectivity index (χ1n) is 9.00. The molecule has 1 aromatic rings. The van der Waals surface area contributed by atoms with Crippen LogP contribution in [0, 0.1) is 0 Å². The Labute approximate surface area is 167 Å². The molecule has 1 aliphatic rings. The fourth-order valence-electron chi connectivity index (χ4n) is 2.89. The van der Waals surface area contributed by atoms with Gasteiger partial charge in [-0.15, -0.1) is 24.0 Å². The monoisotopic (exact) mass is 459 g/mol. The highest BCUT2D eigenvalue weighted by Gasteiger charge is 2.13. The second-order valence-electron chi connectivity index (χ2n) is 6.35. The number of rotatable bonds is 8. The third-order valence-corrected chi connectivity index (χ3v) is 4.27. The van der Waals surface area contributed by atoms with Gasteiger partial charge >= 0.3 is 5.97 Å². The number of benzene rings is 1. The van der Waals surface area contributed by atoms with Crippen LogP contribution in [0.2, 0.25) is 0 Å². The van der Waals surface area contributed by atoms with Gasteiger partial charge in [0.15, 0.2) is 5.96 Å². The molecule has 1 aromatic carbocycles. The van der Waals surface area contributed by atoms with Crippen LogP contribution < -0.4 is 11.1 Å². The Morgan fingerprint density at radius 2 is 1.88 bits per heavy atom. The zero-order valence-corrected chi connectivity index (χ0v) is 17.1. The van der Waals surface area contributed by atoms with Crippen molar-refractivity contribution in [2.24, 2.45) is 10.7 Å². The molecule has 0 unspecified atom stereocenters. The number of unbranched alkanes of at least 4 members (excludes halogenated alkanes) is 1. The van der Waals surface area contributed by atoms with Gasteiger partial charge in [-0.2, -0.15) is 0 Å². The van der Waals surface area contributed by atoms with Crippen molar-refractivity contribution in [3.05, 3.63) is 35.9 Å². The first kappa shape index (κ1) is 21.7. The molecule has 0 spiro atoms. The molecule has 0 aliphatic heterocycles. The number of hydrogen-bond acceptors (Lipinski definition) is 3. The van der Waals surface area contributed by atoms with Crippen molar-refractivity contribution in [3.8, 4) is 0 Å². The number of hydrogen-bond donors (Lipinski definition) is 2. The maximum absolute atomic E-state index is 11.7. The molecule has 140 valence electrons. The van der Waals surface area contributed by atoms with E-state index in [0.717, 1.165) is 18.4 Å². The second kappa shape index (κ2) is 13.0. The fraction of sp³-hybridized carbons (Fsp3) is 0.579. The summed E-state index contributed by atoms with van der Waals surface area (Å²) >= 11 is 0. The molecule has 0 saturated heterocycles. The Morgan fingerprint density at radius 3 is 2.60 bits per heavy atom. The van der Waals surface area contributed by atoms with Crippen molar-refractivity contribution in [1.82, 2.24) is 5.32 Å². The van der Waals surface area contributed by atoms with E-state index in [2.05, 4.69) is 10.3 Å². The summed E-state index contributed by atoms with van der Waals surface area (Å²) in [5.74, 6) is 0.379. The number of halogens is 1. The minimum Gasteiger partial charge on any atom is -0.461 e. The molecule has 3 N–H and O–H groups in total. The van der Waals surface area contributed by atoms with Crippen LogP contribution in [0.5, 0.6) is 0 Å². The molecule has 0 bridgehead atoms. The molecule has 0 amide bonds. The van der Waals surface area contributed by atoms with Gasteiger partial charge < -0.3 is 15.8 Å². The van der Waals surface area contributed by atoms with Gasteiger partial charge in [0.1, 0.15) is 6.61 Å². The maximum Gasteiger partial charge on any atom is 0.306 e. The lowest BCUT2D eigenvalue weighted by Crippen LogP contribution is -2.41. The van der Waals surface area contributed by atoms with Crippen LogP contribution in [0.25, 0.3) is 0 Å². The number of nitrogens with two attached hydrogens (primary N) is 1. The zero-order valence-electron chi connectivity index (χ0n) is 14.8. The van der Waals surface area contributed by atoms with Crippen LogP contribution in [-0.4, -0.2) is 24.5 Å². The molecule has 1 saturated carbocycles. The highest BCUT2D eigenvalue weighted by Crippen LogP contribution is 2.17. The Kier molecular flexibility index (Phi) is 11.3. The van der Waals surface area contributed by atoms with Crippen LogP contribution in [-0.2, 0) is 16.1 Å². The first-order chi connectivity index (χ1) is 11.7. The van der Waals surface area contributed by atoms with E-state index in [9.17, 15) is 4.79 Å². The number of esters is 1. The van der Waals surface area contributed by atoms with Crippen molar-refractivity contribution in [2.75, 3.05) is 6.54 Å². The van der Waals surface area contributed by atoms with E-state index in [0.29, 0.717) is 31.6 Å². The van der Waals surface area contributed by atoms with Crippen molar-refractivity contribution in [2.45, 2.75) is 64.0 Å². The van der Waals surface area contributed by atoms with Gasteiger partial charge in [-0.05, 0) is 31.2 Å². The van der Waals surface area contributed by atoms with E-state index in [1.54, 1.807) is 0 Å². The number of aliphatic imine (C=N–C) groups is 1. The lowest BCUT2D eigenvalue weighted by Gasteiger charge is -2.23. The van der Waals surface area contributed by atoms with Crippen LogP contribution in [0.1, 0.15) is 56.9 Å². The minimum atomic E-state index is -0.156. The normalized spacial score (nSPS) is 15.3. The summed E-state index contributed by atoms with van der Waals surface area (Å²) in [7, 11) is 0. The largest absolute Gasteiger partial charge is 0.461 e. The summed E-state index contributed by atoms with van der Waals surface area (Å²) < 4.78 is 5.24. The molecule has 6 heteroatoms. The summed E-state index contributed by atoms with van der Waals surface area (Å²) in [6.07, 6.45) is 8.29. The van der Waals surface area contributed by atoms with E-state index in [1.165, 1.54) is 32.1 Å². The Balaban J connectivity index is 0.00000312. The molecule has 1 fully saturated rings. The molecule has 25 heavy (non-hydrogen) atoms. The average Bonchev–Trinajstić information content (AvgIpc) is 2.61. The highest BCUT2D eigenvalue weighted by molar-refractivity contribution is 14.0. The molecule has 0 atom stereocenters. The van der Waals surface area contributed by atoms with Crippen molar-refractivity contribution < 1.29 is 9.53 Å². The van der Waals surface area contributed by atoms with Crippen LogP contribution >= 0.6 is 24.0 Å². The first-order valence-corrected chi connectivity index (χ1v) is 9.00. The summed E-state index contributed by atoms with van der Waals surface area (Å²) in [5.41, 5.74) is 6.92. The van der Waals surface area contributed by atoms with Gasteiger partial charge in [-0.25, -0.2) is 0 Å². The molecule has 5 nitrogen and oxygen atoms in total. The SMILES string of the molecule is I.NC(=NCCCCC(=O)OCc1ccccc1)NC1CCCCC1. The van der Waals surface area contributed by atoms with Gasteiger partial charge in [0, 0.05) is 19.0 Å². The molecule has 0 aromatic heterocycles. The van der Waals surface area contributed by atoms with Gasteiger partial charge in [-0.1, -0.05) is 49.6 Å². The predicted octanol–water partition coefficient (Wildman–Crippen LogP) is 3.76. The zero-order chi connectivity index (χ0) is 17.0. The van der Waals surface area contributed by atoms with Gasteiger partial charge in [-0.3, -0.25) is 9.79 Å². The van der Waals surface area contributed by atoms with Crippen molar-refractivity contribution in [3.63, 3.8) is 0 Å². The Morgan fingerprint density at radius 1 is 1.16 bits per heavy atom. The van der Waals surface area contributed by atoms with E-state index in [-0.39, 0.29) is 29.9 Å². The second-order valence-corrected chi connectivity index (χ2v) is 6.35. The molecule has 0 heterocycles. The summed E-state index contributed by atoms with van der Waals surface area (Å²) in [6, 6.07) is 10.2. The summed E-state index contributed by atoms with van der Waals surface area (Å²) in [6.45, 7) is 0.994. The highest BCUT2D eigenvalue weighted by atomic mass is 127. The fourth-order valence-corrected chi connectivity index (χ4v) is 2.89. The van der Waals surface area contributed by atoms with Gasteiger partial charge in [0.25, 0.3) is 0 Å². The molecule has 1 aliphatic carbocycles. The molecular weight excluding hydrogens is 429 g/mol. The summed E-state index contributed by atoms with van der Waals surface area (Å²) in [5, 5.41) is 3.29. The summed E-state index contributed by atoms with van der Waals surface area (Å²) in [4.78, 5) is 16.0. The van der Waals surface area contributed by atoms with Crippen LogP contribution in [0.3, 0.4) is 0 Å². The number of carbonyl (C=O) groups is 1. The molecule has 0 radical (unpaired) electrons. The lowest BCUT2D eigenvalue weighted by atomic mass is 9.96. The number of nitrogens with one attached hydrogen (secondary N) is 1. The van der Waals surface area contributed by atoms with Gasteiger partial charge in [0.05, 0.1) is 0 Å². The number of guanidine groups is 1. The number of ether oxygens (including phenoxy) is 1. The Bertz CT molecular complexity index is 517. The van der Waals surface area contributed by atoms with Gasteiger partial charge in [0.2, 0.25) is 0 Å². The molecular formula is C19H30IN3O2. The molecule has 2 rings (SSSR count). The van der Waals surface area contributed by atoms with E-state index < -0.39 is 0 Å². The topological polar surface area (TPSA) is 76.7 Å². The van der Waals surface area contributed by atoms with Crippen molar-refractivity contribution in [1.29, 1.82) is 0 Å². The van der Waals surface area contributed by atoms with Crippen molar-refractivity contribution >= 4 is 35.9 Å². The van der Waals surface area contributed by atoms with Crippen LogP contribution in [0.4, 0.5) is 0 Å². The third-order valence-electron chi connectivity index (χ3n) is 4.27. The smallest absolute Gasteiger partial charge is 0.306 e. The predicted molar refractivity (Wildman–Crippen MR) is 112 cm³/mol. The van der Waals surface area contributed by atoms with E-state index in [1.807, 2.05) is 30.3 Å². The van der Waals surface area contributed by atoms with Crippen LogP contribution in [0.15, 0.2) is 35.3 Å². The minimum absolute atomic E-state index is 0. The maximum atomic E-state index is 11.7. The average molecular weight is 459 g/mol.